The van der Waals surface area contributed by atoms with Crippen LogP contribution in [0.3, 0.4) is 0 Å². The third-order valence-electron chi connectivity index (χ3n) is 2.63. The number of hydrogen-bond donors (Lipinski definition) is 2. The van der Waals surface area contributed by atoms with E-state index in [9.17, 15) is 9.59 Å². The average molecular weight is 217 g/mol. The van der Waals surface area contributed by atoms with Crippen molar-refractivity contribution in [3.05, 3.63) is 41.1 Å². The molecule has 2 N–H and O–H groups in total. The molecule has 2 rings (SSSR count). The maximum absolute atomic E-state index is 11.6. The summed E-state index contributed by atoms with van der Waals surface area (Å²) in [7, 11) is 0. The molecule has 0 saturated carbocycles. The van der Waals surface area contributed by atoms with Crippen molar-refractivity contribution in [3.63, 3.8) is 0 Å². The van der Waals surface area contributed by atoms with E-state index >= 15 is 0 Å². The van der Waals surface area contributed by atoms with Crippen molar-refractivity contribution < 1.29 is 14.7 Å². The van der Waals surface area contributed by atoms with Crippen LogP contribution in [-0.2, 0) is 16.1 Å². The van der Waals surface area contributed by atoms with Crippen LogP contribution >= 0.6 is 0 Å². The lowest BCUT2D eigenvalue weighted by Gasteiger charge is -2.21. The van der Waals surface area contributed by atoms with Crippen molar-refractivity contribution in [1.29, 1.82) is 0 Å². The van der Waals surface area contributed by atoms with Gasteiger partial charge in [-0.05, 0) is 18.1 Å². The summed E-state index contributed by atoms with van der Waals surface area (Å²) in [5.74, 6) is -2.29. The summed E-state index contributed by atoms with van der Waals surface area (Å²) in [6, 6.07) is 7.32. The number of benzene rings is 1. The summed E-state index contributed by atoms with van der Waals surface area (Å²) >= 11 is 0. The highest BCUT2D eigenvalue weighted by atomic mass is 16.4. The van der Waals surface area contributed by atoms with E-state index in [0.29, 0.717) is 17.8 Å². The third-order valence-corrected chi connectivity index (χ3v) is 2.63. The zero-order valence-corrected chi connectivity index (χ0v) is 8.78. The molecule has 4 heteroatoms. The van der Waals surface area contributed by atoms with E-state index in [1.807, 2.05) is 12.1 Å². The van der Waals surface area contributed by atoms with Gasteiger partial charge >= 0.3 is 5.97 Å². The Kier molecular flexibility index (Phi) is 2.48. The Hall–Kier alpha value is -2.10. The minimum atomic E-state index is -1.42. The van der Waals surface area contributed by atoms with Crippen LogP contribution in [0.5, 0.6) is 0 Å². The lowest BCUT2D eigenvalue weighted by atomic mass is 9.92. The molecule has 4 nitrogen and oxygen atoms in total. The average Bonchev–Trinajstić information content (AvgIpc) is 2.28. The molecule has 0 unspecified atom stereocenters. The largest absolute Gasteiger partial charge is 0.475 e. The number of ketones is 1. The minimum absolute atomic E-state index is 0.259. The molecular weight excluding hydrogens is 206 g/mol. The Bertz CT molecular complexity index is 503. The van der Waals surface area contributed by atoms with Crippen LogP contribution in [0.2, 0.25) is 0 Å². The number of carbonyl (C=O) groups excluding carboxylic acids is 1. The van der Waals surface area contributed by atoms with Crippen LogP contribution in [0.4, 0.5) is 0 Å². The van der Waals surface area contributed by atoms with E-state index in [1.54, 1.807) is 19.1 Å². The molecule has 1 aromatic carbocycles. The summed E-state index contributed by atoms with van der Waals surface area (Å²) in [5.41, 5.74) is 2.53. The molecule has 0 saturated heterocycles. The SMILES string of the molecule is CC1=C(C(=O)C(=O)O)c2ccccc2CN1. The fourth-order valence-corrected chi connectivity index (χ4v) is 1.84. The van der Waals surface area contributed by atoms with Gasteiger partial charge in [-0.1, -0.05) is 24.3 Å². The van der Waals surface area contributed by atoms with Crippen molar-refractivity contribution in [2.75, 3.05) is 0 Å². The van der Waals surface area contributed by atoms with Gasteiger partial charge in [0, 0.05) is 12.2 Å². The van der Waals surface area contributed by atoms with Gasteiger partial charge in [0.15, 0.2) is 0 Å². The first kappa shape index (κ1) is 10.4. The van der Waals surface area contributed by atoms with E-state index in [1.165, 1.54) is 0 Å². The molecule has 0 spiro atoms. The van der Waals surface area contributed by atoms with E-state index in [4.69, 9.17) is 5.11 Å². The van der Waals surface area contributed by atoms with Crippen molar-refractivity contribution in [2.24, 2.45) is 0 Å². The zero-order valence-electron chi connectivity index (χ0n) is 8.78. The molecule has 0 aromatic heterocycles. The van der Waals surface area contributed by atoms with Gasteiger partial charge in [0.2, 0.25) is 0 Å². The first-order chi connectivity index (χ1) is 7.61. The summed E-state index contributed by atoms with van der Waals surface area (Å²) in [6.07, 6.45) is 0. The second-order valence-electron chi connectivity index (χ2n) is 3.64. The topological polar surface area (TPSA) is 66.4 Å². The highest BCUT2D eigenvalue weighted by Crippen LogP contribution is 2.26. The Balaban J connectivity index is 2.58. The molecule has 16 heavy (non-hydrogen) atoms. The van der Waals surface area contributed by atoms with E-state index < -0.39 is 11.8 Å². The number of aliphatic carboxylic acids is 1. The molecule has 0 atom stereocenters. The Labute approximate surface area is 92.6 Å². The maximum atomic E-state index is 11.6. The maximum Gasteiger partial charge on any atom is 0.377 e. The summed E-state index contributed by atoms with van der Waals surface area (Å²) in [5, 5.41) is 11.8. The predicted molar refractivity (Wildman–Crippen MR) is 58.5 cm³/mol. The van der Waals surface area contributed by atoms with Crippen LogP contribution in [0, 0.1) is 0 Å². The summed E-state index contributed by atoms with van der Waals surface area (Å²) < 4.78 is 0. The van der Waals surface area contributed by atoms with Gasteiger partial charge < -0.3 is 10.4 Å². The number of nitrogens with one attached hydrogen (secondary N) is 1. The molecule has 1 heterocycles. The number of carboxylic acid groups (broad SMARTS) is 1. The zero-order chi connectivity index (χ0) is 11.7. The van der Waals surface area contributed by atoms with Crippen LogP contribution in [0.15, 0.2) is 30.0 Å². The minimum Gasteiger partial charge on any atom is -0.475 e. The van der Waals surface area contributed by atoms with E-state index in [2.05, 4.69) is 5.32 Å². The second kappa shape index (κ2) is 3.81. The number of allylic oxidation sites excluding steroid dienone is 1. The number of rotatable bonds is 2. The van der Waals surface area contributed by atoms with Crippen molar-refractivity contribution in [2.45, 2.75) is 13.5 Å². The van der Waals surface area contributed by atoms with Crippen LogP contribution in [-0.4, -0.2) is 16.9 Å². The van der Waals surface area contributed by atoms with Crippen molar-refractivity contribution >= 4 is 17.3 Å². The standard InChI is InChI=1S/C12H11NO3/c1-7-10(11(14)12(15)16)9-5-3-2-4-8(9)6-13-7/h2-5,13H,6H2,1H3,(H,15,16). The molecule has 1 aliphatic heterocycles. The normalized spacial score (nSPS) is 14.1. The number of fused-ring (bicyclic) bond motifs is 1. The van der Waals surface area contributed by atoms with Gasteiger partial charge in [-0.2, -0.15) is 0 Å². The van der Waals surface area contributed by atoms with Crippen LogP contribution in [0.25, 0.3) is 5.57 Å². The molecule has 0 radical (unpaired) electrons. The third kappa shape index (κ3) is 1.58. The van der Waals surface area contributed by atoms with Gasteiger partial charge in [0.25, 0.3) is 5.78 Å². The molecular formula is C12H11NO3. The van der Waals surface area contributed by atoms with Gasteiger partial charge in [-0.25, -0.2) is 4.79 Å². The van der Waals surface area contributed by atoms with Crippen molar-refractivity contribution in [1.82, 2.24) is 5.32 Å². The molecule has 1 aromatic rings. The number of carboxylic acids is 1. The summed E-state index contributed by atoms with van der Waals surface area (Å²) in [4.78, 5) is 22.3. The fourth-order valence-electron chi connectivity index (χ4n) is 1.84. The van der Waals surface area contributed by atoms with Gasteiger partial charge in [0.1, 0.15) is 0 Å². The fraction of sp³-hybridized carbons (Fsp3) is 0.167. The molecule has 0 fully saturated rings. The molecule has 0 aliphatic carbocycles. The first-order valence-electron chi connectivity index (χ1n) is 4.92. The molecule has 1 aliphatic rings. The number of carbonyl (C=O) groups is 2. The highest BCUT2D eigenvalue weighted by Gasteiger charge is 2.26. The monoisotopic (exact) mass is 217 g/mol. The van der Waals surface area contributed by atoms with Gasteiger partial charge in [0.05, 0.1) is 5.57 Å². The molecule has 0 amide bonds. The quantitative estimate of drug-likeness (QED) is 0.730. The smallest absolute Gasteiger partial charge is 0.377 e. The first-order valence-corrected chi connectivity index (χ1v) is 4.92. The van der Waals surface area contributed by atoms with Gasteiger partial charge in [-0.15, -0.1) is 0 Å². The van der Waals surface area contributed by atoms with Crippen LogP contribution in [0.1, 0.15) is 18.1 Å². The Morgan fingerprint density at radius 1 is 1.31 bits per heavy atom. The van der Waals surface area contributed by atoms with Crippen LogP contribution < -0.4 is 5.32 Å². The van der Waals surface area contributed by atoms with Crippen molar-refractivity contribution in [3.8, 4) is 0 Å². The molecule has 82 valence electrons. The number of Topliss-reactive ketones (excluding diaryl/α,β-unsaturated/α-hetero) is 1. The Morgan fingerprint density at radius 2 is 2.00 bits per heavy atom. The number of hydrogen-bond acceptors (Lipinski definition) is 3. The summed E-state index contributed by atoms with van der Waals surface area (Å²) in [6.45, 7) is 2.34. The Morgan fingerprint density at radius 3 is 2.69 bits per heavy atom. The lowest BCUT2D eigenvalue weighted by molar-refractivity contribution is -0.146. The van der Waals surface area contributed by atoms with E-state index in [-0.39, 0.29) is 5.57 Å². The lowest BCUT2D eigenvalue weighted by Crippen LogP contribution is -2.25. The molecule has 0 bridgehead atoms. The van der Waals surface area contributed by atoms with Gasteiger partial charge in [-0.3, -0.25) is 4.79 Å². The van der Waals surface area contributed by atoms with E-state index in [0.717, 1.165) is 5.56 Å². The predicted octanol–water partition coefficient (Wildman–Crippen LogP) is 1.17. The highest BCUT2D eigenvalue weighted by molar-refractivity contribution is 6.51. The second-order valence-corrected chi connectivity index (χ2v) is 3.64.